The van der Waals surface area contributed by atoms with Crippen LogP contribution in [0.5, 0.6) is 0 Å². The number of hydrogen-bond acceptors (Lipinski definition) is 5. The van der Waals surface area contributed by atoms with Gasteiger partial charge in [0.15, 0.2) is 5.78 Å². The quantitative estimate of drug-likeness (QED) is 0.651. The van der Waals surface area contributed by atoms with Crippen LogP contribution in [0.15, 0.2) is 59.8 Å². The molecule has 0 aliphatic carbocycles. The average molecular weight is 457 g/mol. The van der Waals surface area contributed by atoms with Crippen molar-refractivity contribution in [3.8, 4) is 6.07 Å². The number of allylic oxidation sites excluding steroid dienone is 1. The molecule has 2 aromatic carbocycles. The number of nitriles is 1. The number of urea groups is 1. The van der Waals surface area contributed by atoms with Crippen molar-refractivity contribution in [2.75, 3.05) is 4.90 Å². The van der Waals surface area contributed by atoms with Crippen LogP contribution in [0.2, 0.25) is 0 Å². The maximum Gasteiger partial charge on any atom is 0.416 e. The number of anilines is 1. The Bertz CT molecular complexity index is 1200. The maximum absolute atomic E-state index is 13.4. The number of benzene rings is 2. The topological polar surface area (TPSA) is 90.7 Å². The van der Waals surface area contributed by atoms with E-state index >= 15 is 0 Å². The lowest BCUT2D eigenvalue weighted by atomic mass is 9.91. The molecule has 0 fully saturated rings. The van der Waals surface area contributed by atoms with Crippen molar-refractivity contribution >= 4 is 23.5 Å². The molecule has 7 nitrogen and oxygen atoms in total. The maximum atomic E-state index is 13.4. The molecule has 10 heteroatoms. The van der Waals surface area contributed by atoms with E-state index in [1.54, 1.807) is 0 Å². The van der Waals surface area contributed by atoms with Crippen molar-refractivity contribution in [3.63, 3.8) is 0 Å². The van der Waals surface area contributed by atoms with E-state index in [0.717, 1.165) is 30.0 Å². The van der Waals surface area contributed by atoms with E-state index in [2.05, 4.69) is 0 Å². The van der Waals surface area contributed by atoms with Crippen LogP contribution >= 0.6 is 0 Å². The Morgan fingerprint density at radius 1 is 1.09 bits per heavy atom. The van der Waals surface area contributed by atoms with Gasteiger partial charge in [0.1, 0.15) is 6.04 Å². The molecule has 0 aromatic heterocycles. The summed E-state index contributed by atoms with van der Waals surface area (Å²) in [4.78, 5) is 43.9. The standard InChI is InChI=1S/C23H18F3N3O4/c1-13-20(14(2)30)21(17-9-7-16(12-27)8-10-17)29(33-15(3)31)22(32)28(13)19-6-4-5-18(11-19)23(24,25)26/h4-11,21H,1-3H3. The monoisotopic (exact) mass is 457 g/mol. The van der Waals surface area contributed by atoms with Gasteiger partial charge in [0.25, 0.3) is 0 Å². The Balaban J connectivity index is 2.25. The van der Waals surface area contributed by atoms with Crippen LogP contribution in [-0.2, 0) is 20.6 Å². The molecular weight excluding hydrogens is 439 g/mol. The number of ketones is 1. The first-order valence-electron chi connectivity index (χ1n) is 9.66. The fraction of sp³-hybridized carbons (Fsp3) is 0.217. The molecule has 2 aromatic rings. The SMILES string of the molecule is CC(=O)ON1C(=O)N(c2cccc(C(F)(F)F)c2)C(C)=C(C(C)=O)C1c1ccc(C#N)cc1. The Morgan fingerprint density at radius 2 is 1.73 bits per heavy atom. The largest absolute Gasteiger partial charge is 0.416 e. The number of hydrogen-bond donors (Lipinski definition) is 0. The summed E-state index contributed by atoms with van der Waals surface area (Å²) in [5.74, 6) is -1.35. The molecular formula is C23H18F3N3O4. The van der Waals surface area contributed by atoms with Gasteiger partial charge in [0.05, 0.1) is 22.9 Å². The molecule has 0 bridgehead atoms. The van der Waals surface area contributed by atoms with Crippen molar-refractivity contribution < 1.29 is 32.4 Å². The number of halogens is 3. The second-order valence-electron chi connectivity index (χ2n) is 7.27. The number of nitrogens with zero attached hydrogens (tertiary/aromatic N) is 3. The zero-order valence-corrected chi connectivity index (χ0v) is 17.8. The first-order chi connectivity index (χ1) is 15.5. The van der Waals surface area contributed by atoms with Crippen molar-refractivity contribution in [1.82, 2.24) is 5.06 Å². The molecule has 3 rings (SSSR count). The summed E-state index contributed by atoms with van der Waals surface area (Å²) in [6, 6.07) is 9.82. The first kappa shape index (κ1) is 23.5. The van der Waals surface area contributed by atoms with Crippen LogP contribution in [0.3, 0.4) is 0 Å². The predicted molar refractivity (Wildman–Crippen MR) is 110 cm³/mol. The van der Waals surface area contributed by atoms with Gasteiger partial charge in [-0.15, -0.1) is 5.06 Å². The molecule has 1 atom stereocenters. The number of rotatable bonds is 4. The molecule has 0 N–H and O–H groups in total. The van der Waals surface area contributed by atoms with Crippen LogP contribution in [0.4, 0.5) is 23.7 Å². The highest BCUT2D eigenvalue weighted by molar-refractivity contribution is 6.04. The Morgan fingerprint density at radius 3 is 2.24 bits per heavy atom. The third-order valence-electron chi connectivity index (χ3n) is 5.01. The third-order valence-corrected chi connectivity index (χ3v) is 5.01. The molecule has 33 heavy (non-hydrogen) atoms. The fourth-order valence-corrected chi connectivity index (χ4v) is 3.63. The Hall–Kier alpha value is -4.13. The predicted octanol–water partition coefficient (Wildman–Crippen LogP) is 4.90. The highest BCUT2D eigenvalue weighted by atomic mass is 19.4. The number of carbonyl (C=O) groups excluding carboxylic acids is 3. The van der Waals surface area contributed by atoms with Crippen LogP contribution in [-0.4, -0.2) is 22.8 Å². The molecule has 1 unspecified atom stereocenters. The third kappa shape index (κ3) is 4.57. The minimum atomic E-state index is -4.66. The molecule has 0 spiro atoms. The summed E-state index contributed by atoms with van der Waals surface area (Å²) >= 11 is 0. The molecule has 1 heterocycles. The highest BCUT2D eigenvalue weighted by Gasteiger charge is 2.44. The van der Waals surface area contributed by atoms with E-state index < -0.39 is 35.6 Å². The molecule has 1 aliphatic heterocycles. The summed E-state index contributed by atoms with van der Waals surface area (Å²) in [7, 11) is 0. The first-order valence-corrected chi connectivity index (χ1v) is 9.66. The summed E-state index contributed by atoms with van der Waals surface area (Å²) in [6.45, 7) is 3.72. The van der Waals surface area contributed by atoms with E-state index in [4.69, 9.17) is 10.1 Å². The minimum Gasteiger partial charge on any atom is -0.336 e. The summed E-state index contributed by atoms with van der Waals surface area (Å²) < 4.78 is 39.8. The molecule has 0 radical (unpaired) electrons. The average Bonchev–Trinajstić information content (AvgIpc) is 2.74. The van der Waals surface area contributed by atoms with Gasteiger partial charge < -0.3 is 4.84 Å². The molecule has 1 aliphatic rings. The molecule has 0 saturated heterocycles. The number of alkyl halides is 3. The van der Waals surface area contributed by atoms with Gasteiger partial charge >= 0.3 is 18.2 Å². The van der Waals surface area contributed by atoms with Crippen molar-refractivity contribution in [2.24, 2.45) is 0 Å². The van der Waals surface area contributed by atoms with Gasteiger partial charge in [0.2, 0.25) is 0 Å². The van der Waals surface area contributed by atoms with Gasteiger partial charge in [-0.2, -0.15) is 18.4 Å². The summed E-state index contributed by atoms with van der Waals surface area (Å²) in [5.41, 5.74) is -0.310. The zero-order valence-electron chi connectivity index (χ0n) is 17.8. The van der Waals surface area contributed by atoms with Crippen molar-refractivity contribution in [3.05, 3.63) is 76.5 Å². The number of hydroxylamine groups is 2. The van der Waals surface area contributed by atoms with E-state index in [-0.39, 0.29) is 17.0 Å². The van der Waals surface area contributed by atoms with E-state index in [9.17, 15) is 27.6 Å². The normalized spacial score (nSPS) is 16.5. The van der Waals surface area contributed by atoms with Gasteiger partial charge in [0, 0.05) is 18.2 Å². The van der Waals surface area contributed by atoms with Gasteiger partial charge in [-0.25, -0.2) is 4.79 Å². The van der Waals surface area contributed by atoms with Crippen molar-refractivity contribution in [2.45, 2.75) is 33.0 Å². The number of carbonyl (C=O) groups is 3. The van der Waals surface area contributed by atoms with Gasteiger partial charge in [-0.1, -0.05) is 18.2 Å². The lowest BCUT2D eigenvalue weighted by Gasteiger charge is -2.41. The van der Waals surface area contributed by atoms with E-state index in [1.807, 2.05) is 6.07 Å². The zero-order chi connectivity index (χ0) is 24.5. The number of amides is 2. The van der Waals surface area contributed by atoms with Crippen LogP contribution in [0, 0.1) is 11.3 Å². The molecule has 170 valence electrons. The highest BCUT2D eigenvalue weighted by Crippen LogP contribution is 2.41. The fourth-order valence-electron chi connectivity index (χ4n) is 3.63. The second-order valence-corrected chi connectivity index (χ2v) is 7.27. The van der Waals surface area contributed by atoms with Gasteiger partial charge in [-0.3, -0.25) is 14.5 Å². The van der Waals surface area contributed by atoms with E-state index in [0.29, 0.717) is 16.2 Å². The lowest BCUT2D eigenvalue weighted by molar-refractivity contribution is -0.180. The minimum absolute atomic E-state index is 0.0398. The Kier molecular flexibility index (Phi) is 6.26. The molecule has 0 saturated carbocycles. The number of Topliss-reactive ketones (excluding diaryl/α,β-unsaturated/α-hetero) is 1. The van der Waals surface area contributed by atoms with Crippen molar-refractivity contribution in [1.29, 1.82) is 5.26 Å². The summed E-state index contributed by atoms with van der Waals surface area (Å²) in [5, 5.41) is 9.70. The second kappa shape index (κ2) is 8.78. The van der Waals surface area contributed by atoms with Crippen LogP contribution < -0.4 is 4.90 Å². The van der Waals surface area contributed by atoms with Crippen LogP contribution in [0.1, 0.15) is 43.5 Å². The molecule has 2 amide bonds. The van der Waals surface area contributed by atoms with Gasteiger partial charge in [-0.05, 0) is 49.7 Å². The summed E-state index contributed by atoms with van der Waals surface area (Å²) in [6.07, 6.45) is -4.66. The van der Waals surface area contributed by atoms with E-state index in [1.165, 1.54) is 44.2 Å². The van der Waals surface area contributed by atoms with Crippen LogP contribution in [0.25, 0.3) is 0 Å². The lowest BCUT2D eigenvalue weighted by Crippen LogP contribution is -2.51. The smallest absolute Gasteiger partial charge is 0.336 e. The Labute approximate surface area is 187 Å².